The second kappa shape index (κ2) is 8.24. The average molecular weight is 379 g/mol. The summed E-state index contributed by atoms with van der Waals surface area (Å²) in [5, 5.41) is 9.19. The van der Waals surface area contributed by atoms with Gasteiger partial charge in [0.15, 0.2) is 6.61 Å². The average Bonchev–Trinajstić information content (AvgIpc) is 2.37. The number of carboxylic acid groups (broad SMARTS) is 1. The Balaban J connectivity index is 2.64. The number of hydrogen-bond acceptors (Lipinski definition) is 3. The Bertz CT molecular complexity index is 524. The molecule has 0 spiro atoms. The first-order valence-corrected chi connectivity index (χ1v) is 7.61. The monoisotopic (exact) mass is 377 g/mol. The van der Waals surface area contributed by atoms with Gasteiger partial charge >= 0.3 is 5.97 Å². The highest BCUT2D eigenvalue weighted by molar-refractivity contribution is 9.10. The van der Waals surface area contributed by atoms with Crippen LogP contribution in [0.4, 0.5) is 0 Å². The number of carbonyl (C=O) groups excluding carboxylic acids is 1. The summed E-state index contributed by atoms with van der Waals surface area (Å²) >= 11 is 9.28. The summed E-state index contributed by atoms with van der Waals surface area (Å²) in [5.74, 6) is -0.800. The summed E-state index contributed by atoms with van der Waals surface area (Å²) < 4.78 is 6.22. The lowest BCUT2D eigenvalue weighted by molar-refractivity contribution is -0.141. The van der Waals surface area contributed by atoms with E-state index in [1.54, 1.807) is 32.0 Å². The zero-order valence-electron chi connectivity index (χ0n) is 11.8. The molecule has 0 saturated carbocycles. The molecule has 0 radical (unpaired) electrons. The lowest BCUT2D eigenvalue weighted by Gasteiger charge is -2.27. The summed E-state index contributed by atoms with van der Waals surface area (Å²) in [4.78, 5) is 24.3. The molecule has 5 nitrogen and oxygen atoms in total. The third-order valence-corrected chi connectivity index (χ3v) is 3.70. The summed E-state index contributed by atoms with van der Waals surface area (Å²) in [7, 11) is 0. The summed E-state index contributed by atoms with van der Waals surface area (Å²) in [6.45, 7) is 3.73. The molecule has 1 unspecified atom stereocenters. The first kappa shape index (κ1) is 17.8. The van der Waals surface area contributed by atoms with Crippen LogP contribution in [-0.2, 0) is 9.59 Å². The number of carbonyl (C=O) groups is 2. The SMILES string of the molecule is CCN(C(=O)COc1ccc(Br)cc1Cl)C(C)CC(=O)O. The van der Waals surface area contributed by atoms with Crippen LogP contribution >= 0.6 is 27.5 Å². The number of aliphatic carboxylic acids is 1. The molecule has 0 fully saturated rings. The van der Waals surface area contributed by atoms with Crippen molar-refractivity contribution >= 4 is 39.4 Å². The molecule has 0 aromatic heterocycles. The molecule has 1 rings (SSSR count). The van der Waals surface area contributed by atoms with Crippen LogP contribution in [0.1, 0.15) is 20.3 Å². The topological polar surface area (TPSA) is 66.8 Å². The van der Waals surface area contributed by atoms with Crippen molar-refractivity contribution in [3.8, 4) is 5.75 Å². The van der Waals surface area contributed by atoms with Gasteiger partial charge in [-0.3, -0.25) is 9.59 Å². The minimum absolute atomic E-state index is 0.0986. The fourth-order valence-corrected chi connectivity index (χ4v) is 2.64. The Labute approximate surface area is 137 Å². The number of ether oxygens (including phenoxy) is 1. The fourth-order valence-electron chi connectivity index (χ4n) is 1.91. The second-order valence-corrected chi connectivity index (χ2v) is 5.81. The Hall–Kier alpha value is -1.27. The number of likely N-dealkylation sites (N-methyl/N-ethyl adjacent to an activating group) is 1. The van der Waals surface area contributed by atoms with Gasteiger partial charge in [0, 0.05) is 17.1 Å². The molecular formula is C14H17BrClNO4. The third kappa shape index (κ3) is 5.55. The Morgan fingerprint density at radius 2 is 2.14 bits per heavy atom. The Morgan fingerprint density at radius 3 is 2.67 bits per heavy atom. The van der Waals surface area contributed by atoms with Gasteiger partial charge in [-0.2, -0.15) is 0 Å². The third-order valence-electron chi connectivity index (χ3n) is 2.91. The van der Waals surface area contributed by atoms with Crippen LogP contribution in [-0.4, -0.2) is 41.1 Å². The van der Waals surface area contributed by atoms with E-state index in [1.165, 1.54) is 4.90 Å². The standard InChI is InChI=1S/C14H17BrClNO4/c1-3-17(9(2)6-14(19)20)13(18)8-21-12-5-4-10(15)7-11(12)16/h4-5,7,9H,3,6,8H2,1-2H3,(H,19,20). The zero-order valence-corrected chi connectivity index (χ0v) is 14.1. The predicted octanol–water partition coefficient (Wildman–Crippen LogP) is 3.19. The van der Waals surface area contributed by atoms with Crippen molar-refractivity contribution in [3.63, 3.8) is 0 Å². The van der Waals surface area contributed by atoms with Crippen molar-refractivity contribution in [2.75, 3.05) is 13.2 Å². The Kier molecular flexibility index (Phi) is 6.98. The van der Waals surface area contributed by atoms with Gasteiger partial charge in [0.25, 0.3) is 5.91 Å². The van der Waals surface area contributed by atoms with E-state index in [2.05, 4.69) is 15.9 Å². The minimum Gasteiger partial charge on any atom is -0.482 e. The van der Waals surface area contributed by atoms with Gasteiger partial charge in [-0.05, 0) is 32.0 Å². The van der Waals surface area contributed by atoms with Crippen LogP contribution in [0.5, 0.6) is 5.75 Å². The summed E-state index contributed by atoms with van der Waals surface area (Å²) in [6.07, 6.45) is -0.0986. The molecule has 21 heavy (non-hydrogen) atoms. The predicted molar refractivity (Wildman–Crippen MR) is 83.7 cm³/mol. The van der Waals surface area contributed by atoms with E-state index in [4.69, 9.17) is 21.4 Å². The van der Waals surface area contributed by atoms with Crippen molar-refractivity contribution in [2.45, 2.75) is 26.3 Å². The van der Waals surface area contributed by atoms with Crippen LogP contribution in [0, 0.1) is 0 Å². The van der Waals surface area contributed by atoms with Crippen molar-refractivity contribution in [2.24, 2.45) is 0 Å². The summed E-state index contributed by atoms with van der Waals surface area (Å²) in [6, 6.07) is 4.71. The number of hydrogen-bond donors (Lipinski definition) is 1. The van der Waals surface area contributed by atoms with Gasteiger partial charge in [0.05, 0.1) is 11.4 Å². The number of amides is 1. The number of benzene rings is 1. The van der Waals surface area contributed by atoms with Crippen LogP contribution < -0.4 is 4.74 Å². The van der Waals surface area contributed by atoms with Crippen molar-refractivity contribution < 1.29 is 19.4 Å². The molecule has 7 heteroatoms. The highest BCUT2D eigenvalue weighted by atomic mass is 79.9. The van der Waals surface area contributed by atoms with Crippen molar-refractivity contribution in [3.05, 3.63) is 27.7 Å². The molecule has 116 valence electrons. The molecule has 0 aliphatic carbocycles. The van der Waals surface area contributed by atoms with Crippen molar-refractivity contribution in [1.29, 1.82) is 0 Å². The van der Waals surface area contributed by atoms with E-state index in [0.717, 1.165) is 4.47 Å². The van der Waals surface area contributed by atoms with E-state index in [1.807, 2.05) is 0 Å². The molecule has 0 saturated heterocycles. The molecular weight excluding hydrogens is 362 g/mol. The van der Waals surface area contributed by atoms with Crippen LogP contribution in [0.2, 0.25) is 5.02 Å². The maximum absolute atomic E-state index is 12.1. The van der Waals surface area contributed by atoms with Crippen LogP contribution in [0.25, 0.3) is 0 Å². The molecule has 1 aromatic carbocycles. The van der Waals surface area contributed by atoms with Gasteiger partial charge in [-0.15, -0.1) is 0 Å². The van der Waals surface area contributed by atoms with Gasteiger partial charge < -0.3 is 14.7 Å². The van der Waals surface area contributed by atoms with Crippen molar-refractivity contribution in [1.82, 2.24) is 4.90 Å². The fraction of sp³-hybridized carbons (Fsp3) is 0.429. The quantitative estimate of drug-likeness (QED) is 0.791. The lowest BCUT2D eigenvalue weighted by atomic mass is 10.2. The van der Waals surface area contributed by atoms with E-state index in [9.17, 15) is 9.59 Å². The second-order valence-electron chi connectivity index (χ2n) is 4.49. The van der Waals surface area contributed by atoms with E-state index < -0.39 is 5.97 Å². The van der Waals surface area contributed by atoms with Gasteiger partial charge in [-0.1, -0.05) is 27.5 Å². The maximum atomic E-state index is 12.1. The highest BCUT2D eigenvalue weighted by Crippen LogP contribution is 2.27. The first-order chi connectivity index (χ1) is 9.85. The lowest BCUT2D eigenvalue weighted by Crippen LogP contribution is -2.42. The minimum atomic E-state index is -0.939. The van der Waals surface area contributed by atoms with Gasteiger partial charge in [0.1, 0.15) is 5.75 Å². The largest absolute Gasteiger partial charge is 0.482 e. The van der Waals surface area contributed by atoms with E-state index in [-0.39, 0.29) is 25.0 Å². The molecule has 1 N–H and O–H groups in total. The highest BCUT2D eigenvalue weighted by Gasteiger charge is 2.21. The first-order valence-electron chi connectivity index (χ1n) is 6.44. The summed E-state index contributed by atoms with van der Waals surface area (Å²) in [5.41, 5.74) is 0. The molecule has 0 aliphatic heterocycles. The number of nitrogens with zero attached hydrogens (tertiary/aromatic N) is 1. The van der Waals surface area contributed by atoms with E-state index in [0.29, 0.717) is 17.3 Å². The number of halogens is 2. The van der Waals surface area contributed by atoms with Gasteiger partial charge in [0.2, 0.25) is 0 Å². The molecule has 0 bridgehead atoms. The zero-order chi connectivity index (χ0) is 16.0. The molecule has 0 heterocycles. The smallest absolute Gasteiger partial charge is 0.305 e. The molecule has 0 aliphatic rings. The maximum Gasteiger partial charge on any atom is 0.305 e. The van der Waals surface area contributed by atoms with Crippen LogP contribution in [0.15, 0.2) is 22.7 Å². The molecule has 1 aromatic rings. The van der Waals surface area contributed by atoms with E-state index >= 15 is 0 Å². The number of rotatable bonds is 7. The normalized spacial score (nSPS) is 11.8. The molecule has 1 atom stereocenters. The molecule has 1 amide bonds. The van der Waals surface area contributed by atoms with Gasteiger partial charge in [-0.25, -0.2) is 0 Å². The van der Waals surface area contributed by atoms with Crippen LogP contribution in [0.3, 0.4) is 0 Å². The number of carboxylic acids is 1. The Morgan fingerprint density at radius 1 is 1.48 bits per heavy atom.